The van der Waals surface area contributed by atoms with Crippen LogP contribution in [0, 0.1) is 6.92 Å². The monoisotopic (exact) mass is 312 g/mol. The standard InChI is InChI=1S/C13H16N2OS3/c1-9-4-7-18-10(9)8-11-12(16)15(13(17)19-11)6-5-14(2)3/h4,7-8H,5-6H2,1-3H3. The van der Waals surface area contributed by atoms with E-state index in [1.54, 1.807) is 16.2 Å². The highest BCUT2D eigenvalue weighted by Crippen LogP contribution is 2.33. The molecule has 1 aromatic rings. The molecule has 0 radical (unpaired) electrons. The van der Waals surface area contributed by atoms with E-state index >= 15 is 0 Å². The van der Waals surface area contributed by atoms with E-state index in [-0.39, 0.29) is 5.91 Å². The van der Waals surface area contributed by atoms with Crippen LogP contribution in [0.1, 0.15) is 10.4 Å². The number of hydrogen-bond acceptors (Lipinski definition) is 5. The largest absolute Gasteiger partial charge is 0.308 e. The predicted molar refractivity (Wildman–Crippen MR) is 87.5 cm³/mol. The zero-order valence-electron chi connectivity index (χ0n) is 11.2. The maximum absolute atomic E-state index is 12.3. The number of carbonyl (C=O) groups is 1. The number of rotatable bonds is 4. The molecule has 0 unspecified atom stereocenters. The molecule has 1 aliphatic rings. The van der Waals surface area contributed by atoms with Gasteiger partial charge in [0.25, 0.3) is 5.91 Å². The van der Waals surface area contributed by atoms with E-state index in [2.05, 4.69) is 13.0 Å². The lowest BCUT2D eigenvalue weighted by molar-refractivity contribution is -0.122. The van der Waals surface area contributed by atoms with Gasteiger partial charge in [0.1, 0.15) is 4.32 Å². The first-order chi connectivity index (χ1) is 8.99. The summed E-state index contributed by atoms with van der Waals surface area (Å²) in [6.07, 6.45) is 1.95. The minimum absolute atomic E-state index is 0.0321. The summed E-state index contributed by atoms with van der Waals surface area (Å²) in [6.45, 7) is 3.52. The van der Waals surface area contributed by atoms with Gasteiger partial charge in [0, 0.05) is 18.0 Å². The molecule has 2 heterocycles. The fraction of sp³-hybridized carbons (Fsp3) is 0.385. The molecule has 0 spiro atoms. The van der Waals surface area contributed by atoms with E-state index in [9.17, 15) is 4.79 Å². The molecule has 0 saturated carbocycles. The van der Waals surface area contributed by atoms with Gasteiger partial charge in [-0.3, -0.25) is 9.69 Å². The van der Waals surface area contributed by atoms with Gasteiger partial charge < -0.3 is 4.90 Å². The summed E-state index contributed by atoms with van der Waals surface area (Å²) in [6, 6.07) is 2.06. The number of nitrogens with zero attached hydrogens (tertiary/aromatic N) is 2. The summed E-state index contributed by atoms with van der Waals surface area (Å²) in [5, 5.41) is 2.04. The van der Waals surface area contributed by atoms with Crippen LogP contribution in [0.4, 0.5) is 0 Å². The van der Waals surface area contributed by atoms with Crippen LogP contribution in [0.2, 0.25) is 0 Å². The van der Waals surface area contributed by atoms with E-state index in [1.165, 1.54) is 17.3 Å². The van der Waals surface area contributed by atoms with Crippen molar-refractivity contribution in [1.29, 1.82) is 0 Å². The van der Waals surface area contributed by atoms with Gasteiger partial charge in [0.05, 0.1) is 4.91 Å². The second-order valence-corrected chi connectivity index (χ2v) is 7.23. The van der Waals surface area contributed by atoms with E-state index < -0.39 is 0 Å². The Balaban J connectivity index is 2.14. The van der Waals surface area contributed by atoms with Gasteiger partial charge in [-0.1, -0.05) is 24.0 Å². The van der Waals surface area contributed by atoms with Crippen molar-refractivity contribution in [2.24, 2.45) is 0 Å². The second-order valence-electron chi connectivity index (χ2n) is 4.60. The number of thiophene rings is 1. The van der Waals surface area contributed by atoms with Gasteiger partial charge in [-0.15, -0.1) is 11.3 Å². The number of thiocarbonyl (C=S) groups is 1. The summed E-state index contributed by atoms with van der Waals surface area (Å²) in [5.41, 5.74) is 1.20. The lowest BCUT2D eigenvalue weighted by atomic mass is 10.2. The second kappa shape index (κ2) is 6.17. The number of hydrogen-bond donors (Lipinski definition) is 0. The molecule has 1 fully saturated rings. The first-order valence-corrected chi connectivity index (χ1v) is 8.03. The van der Waals surface area contributed by atoms with Crippen LogP contribution in [0.5, 0.6) is 0 Å². The summed E-state index contributed by atoms with van der Waals surface area (Å²) in [4.78, 5) is 17.9. The zero-order chi connectivity index (χ0) is 14.0. The van der Waals surface area contributed by atoms with Crippen LogP contribution in [-0.4, -0.2) is 47.2 Å². The molecule has 1 amide bonds. The molecular weight excluding hydrogens is 296 g/mol. The maximum Gasteiger partial charge on any atom is 0.266 e. The highest BCUT2D eigenvalue weighted by Gasteiger charge is 2.31. The first-order valence-electron chi connectivity index (χ1n) is 5.93. The number of carbonyl (C=O) groups excluding carboxylic acids is 1. The Bertz CT molecular complexity index is 534. The predicted octanol–water partition coefficient (Wildman–Crippen LogP) is 2.82. The van der Waals surface area contributed by atoms with E-state index in [0.29, 0.717) is 10.9 Å². The lowest BCUT2D eigenvalue weighted by Gasteiger charge is -2.17. The van der Waals surface area contributed by atoms with Crippen molar-refractivity contribution in [3.05, 3.63) is 26.8 Å². The third-order valence-corrected chi connectivity index (χ3v) is 5.15. The molecule has 0 bridgehead atoms. The van der Waals surface area contributed by atoms with Gasteiger partial charge in [0.2, 0.25) is 0 Å². The molecule has 0 N–H and O–H groups in total. The minimum atomic E-state index is 0.0321. The maximum atomic E-state index is 12.3. The Labute approximate surface area is 127 Å². The summed E-state index contributed by atoms with van der Waals surface area (Å²) in [7, 11) is 3.98. The number of amides is 1. The van der Waals surface area contributed by atoms with Crippen molar-refractivity contribution in [1.82, 2.24) is 9.80 Å². The highest BCUT2D eigenvalue weighted by molar-refractivity contribution is 8.26. The van der Waals surface area contributed by atoms with Crippen LogP contribution >= 0.6 is 35.3 Å². The number of aryl methyl sites for hydroxylation is 1. The van der Waals surface area contributed by atoms with Crippen molar-refractivity contribution in [3.63, 3.8) is 0 Å². The fourth-order valence-electron chi connectivity index (χ4n) is 1.64. The normalized spacial score (nSPS) is 18.1. The molecule has 0 atom stereocenters. The van der Waals surface area contributed by atoms with Crippen LogP contribution in [0.25, 0.3) is 6.08 Å². The van der Waals surface area contributed by atoms with Gasteiger partial charge in [-0.2, -0.15) is 0 Å². The average Bonchev–Trinajstić information content (AvgIpc) is 2.84. The zero-order valence-corrected chi connectivity index (χ0v) is 13.6. The SMILES string of the molecule is Cc1ccsc1C=C1SC(=S)N(CCN(C)C)C1=O. The number of thioether (sulfide) groups is 1. The molecule has 3 nitrogen and oxygen atoms in total. The topological polar surface area (TPSA) is 23.6 Å². The molecule has 1 aromatic heterocycles. The van der Waals surface area contributed by atoms with Crippen LogP contribution in [0.15, 0.2) is 16.4 Å². The number of likely N-dealkylation sites (N-methyl/N-ethyl adjacent to an activating group) is 1. The molecule has 2 rings (SSSR count). The molecule has 1 aliphatic heterocycles. The van der Waals surface area contributed by atoms with E-state index in [1.807, 2.05) is 30.5 Å². The quantitative estimate of drug-likeness (QED) is 0.630. The van der Waals surface area contributed by atoms with Crippen molar-refractivity contribution in [2.75, 3.05) is 27.2 Å². The summed E-state index contributed by atoms with van der Waals surface area (Å²) in [5.74, 6) is 0.0321. The van der Waals surface area contributed by atoms with Crippen molar-refractivity contribution < 1.29 is 4.79 Å². The Morgan fingerprint density at radius 1 is 1.47 bits per heavy atom. The fourth-order valence-corrected chi connectivity index (χ4v) is 3.87. The molecular formula is C13H16N2OS3. The van der Waals surface area contributed by atoms with Gasteiger partial charge in [-0.05, 0) is 44.1 Å². The first kappa shape index (κ1) is 14.7. The summed E-state index contributed by atoms with van der Waals surface area (Å²) < 4.78 is 0.660. The molecule has 0 aliphatic carbocycles. The molecule has 1 saturated heterocycles. The lowest BCUT2D eigenvalue weighted by Crippen LogP contribution is -2.34. The molecule has 102 valence electrons. The summed E-state index contributed by atoms with van der Waals surface area (Å²) >= 11 is 8.33. The van der Waals surface area contributed by atoms with Gasteiger partial charge in [-0.25, -0.2) is 0 Å². The smallest absolute Gasteiger partial charge is 0.266 e. The van der Waals surface area contributed by atoms with Crippen LogP contribution in [0.3, 0.4) is 0 Å². The highest BCUT2D eigenvalue weighted by atomic mass is 32.2. The van der Waals surface area contributed by atoms with Crippen molar-refractivity contribution in [2.45, 2.75) is 6.92 Å². The van der Waals surface area contributed by atoms with E-state index in [0.717, 1.165) is 16.3 Å². The minimum Gasteiger partial charge on any atom is -0.308 e. The molecule has 6 heteroatoms. The third kappa shape index (κ3) is 3.45. The van der Waals surface area contributed by atoms with Crippen molar-refractivity contribution >= 4 is 51.6 Å². The third-order valence-electron chi connectivity index (χ3n) is 2.81. The van der Waals surface area contributed by atoms with Crippen LogP contribution in [-0.2, 0) is 4.79 Å². The van der Waals surface area contributed by atoms with Crippen molar-refractivity contribution in [3.8, 4) is 0 Å². The molecule has 19 heavy (non-hydrogen) atoms. The Morgan fingerprint density at radius 2 is 2.21 bits per heavy atom. The Kier molecular flexibility index (Phi) is 4.78. The average molecular weight is 312 g/mol. The molecule has 0 aromatic carbocycles. The van der Waals surface area contributed by atoms with Gasteiger partial charge >= 0.3 is 0 Å². The van der Waals surface area contributed by atoms with E-state index in [4.69, 9.17) is 12.2 Å². The van der Waals surface area contributed by atoms with Crippen LogP contribution < -0.4 is 0 Å². The Morgan fingerprint density at radius 3 is 2.79 bits per heavy atom. The Hall–Kier alpha value is -0.690. The van der Waals surface area contributed by atoms with Gasteiger partial charge in [0.15, 0.2) is 0 Å².